The summed E-state index contributed by atoms with van der Waals surface area (Å²) < 4.78 is 7.74. The minimum Gasteiger partial charge on any atom is -0.380 e. The zero-order valence-electron chi connectivity index (χ0n) is 12.2. The number of aromatic nitrogens is 2. The average Bonchev–Trinajstić information content (AvgIpc) is 2.70. The summed E-state index contributed by atoms with van der Waals surface area (Å²) in [5, 5.41) is 7.97. The number of likely N-dealkylation sites (N-methyl/N-ethyl adjacent to an activating group) is 1. The quantitative estimate of drug-likeness (QED) is 0.685. The molecule has 0 amide bonds. The maximum Gasteiger partial charge on any atom is 0.0623 e. The first kappa shape index (κ1) is 15.2. The molecule has 1 rings (SSSR count). The molecule has 0 fully saturated rings. The predicted octanol–water partition coefficient (Wildman–Crippen LogP) is 2.16. The Hall–Kier alpha value is -0.870. The highest BCUT2D eigenvalue weighted by atomic mass is 16.5. The second-order valence-electron chi connectivity index (χ2n) is 4.63. The number of nitrogens with one attached hydrogen (secondary N) is 1. The van der Waals surface area contributed by atoms with Crippen LogP contribution < -0.4 is 5.32 Å². The number of hydrogen-bond donors (Lipinski definition) is 1. The number of ether oxygens (including phenoxy) is 1. The Bertz CT molecular complexity index is 336. The van der Waals surface area contributed by atoms with Crippen molar-refractivity contribution in [2.75, 3.05) is 19.8 Å². The fraction of sp³-hybridized carbons (Fsp3) is 0.786. The van der Waals surface area contributed by atoms with E-state index < -0.39 is 0 Å². The Balaban J connectivity index is 2.57. The van der Waals surface area contributed by atoms with Gasteiger partial charge in [0.1, 0.15) is 0 Å². The van der Waals surface area contributed by atoms with Gasteiger partial charge in [0.15, 0.2) is 0 Å². The van der Waals surface area contributed by atoms with Gasteiger partial charge in [0.05, 0.1) is 12.3 Å². The van der Waals surface area contributed by atoms with Gasteiger partial charge < -0.3 is 10.1 Å². The number of rotatable bonds is 9. The summed E-state index contributed by atoms with van der Waals surface area (Å²) in [5.74, 6) is 0. The molecule has 4 nitrogen and oxygen atoms in total. The van der Waals surface area contributed by atoms with Gasteiger partial charge in [0.2, 0.25) is 0 Å². The third-order valence-electron chi connectivity index (χ3n) is 2.90. The van der Waals surface area contributed by atoms with Gasteiger partial charge in [0, 0.05) is 31.3 Å². The maximum absolute atomic E-state index is 5.66. The molecule has 18 heavy (non-hydrogen) atoms. The van der Waals surface area contributed by atoms with Crippen LogP contribution in [0.15, 0.2) is 6.07 Å². The average molecular weight is 253 g/mol. The van der Waals surface area contributed by atoms with Crippen LogP contribution >= 0.6 is 0 Å². The van der Waals surface area contributed by atoms with Gasteiger partial charge in [-0.15, -0.1) is 0 Å². The molecule has 0 aromatic carbocycles. The van der Waals surface area contributed by atoms with Gasteiger partial charge in [-0.3, -0.25) is 4.68 Å². The van der Waals surface area contributed by atoms with Gasteiger partial charge >= 0.3 is 0 Å². The van der Waals surface area contributed by atoms with Crippen LogP contribution in [0.2, 0.25) is 0 Å². The monoisotopic (exact) mass is 253 g/mol. The molecule has 0 bridgehead atoms. The normalized spacial score (nSPS) is 12.9. The Kier molecular flexibility index (Phi) is 6.98. The lowest BCUT2D eigenvalue weighted by Gasteiger charge is -2.18. The van der Waals surface area contributed by atoms with E-state index in [-0.39, 0.29) is 0 Å². The lowest BCUT2D eigenvalue weighted by molar-refractivity contribution is 0.111. The zero-order valence-corrected chi connectivity index (χ0v) is 12.2. The highest BCUT2D eigenvalue weighted by Gasteiger charge is 2.12. The molecule has 4 heteroatoms. The summed E-state index contributed by atoms with van der Waals surface area (Å²) in [5.41, 5.74) is 2.39. The smallest absolute Gasteiger partial charge is 0.0623 e. The summed E-state index contributed by atoms with van der Waals surface area (Å²) in [7, 11) is 0. The van der Waals surface area contributed by atoms with Crippen molar-refractivity contribution in [1.82, 2.24) is 15.1 Å². The van der Waals surface area contributed by atoms with Crippen LogP contribution in [0.1, 0.15) is 38.6 Å². The van der Waals surface area contributed by atoms with Crippen LogP contribution in [0.25, 0.3) is 0 Å². The Morgan fingerprint density at radius 2 is 2.17 bits per heavy atom. The Labute approximate surface area is 111 Å². The molecule has 0 aliphatic heterocycles. The third kappa shape index (κ3) is 4.78. The maximum atomic E-state index is 5.66. The van der Waals surface area contributed by atoms with Gasteiger partial charge in [-0.1, -0.05) is 13.8 Å². The van der Waals surface area contributed by atoms with Crippen molar-refractivity contribution in [2.45, 2.75) is 53.1 Å². The summed E-state index contributed by atoms with van der Waals surface area (Å²) in [6, 6.07) is 2.55. The van der Waals surface area contributed by atoms with Gasteiger partial charge in [-0.25, -0.2) is 0 Å². The second-order valence-corrected chi connectivity index (χ2v) is 4.63. The van der Waals surface area contributed by atoms with Gasteiger partial charge in [-0.05, 0) is 32.9 Å². The third-order valence-corrected chi connectivity index (χ3v) is 2.90. The van der Waals surface area contributed by atoms with Crippen molar-refractivity contribution >= 4 is 0 Å². The summed E-state index contributed by atoms with van der Waals surface area (Å²) in [4.78, 5) is 0. The molecule has 1 atom stereocenters. The molecule has 1 N–H and O–H groups in total. The van der Waals surface area contributed by atoms with E-state index in [9.17, 15) is 0 Å². The van der Waals surface area contributed by atoms with E-state index in [1.54, 1.807) is 0 Å². The first-order chi connectivity index (χ1) is 8.71. The molecule has 0 spiro atoms. The molecular weight excluding hydrogens is 226 g/mol. The van der Waals surface area contributed by atoms with Crippen LogP contribution in [0, 0.1) is 6.92 Å². The number of nitrogens with zero attached hydrogens (tertiary/aromatic N) is 2. The Morgan fingerprint density at radius 1 is 1.39 bits per heavy atom. The van der Waals surface area contributed by atoms with Crippen LogP contribution in [0.4, 0.5) is 0 Å². The molecule has 1 heterocycles. The van der Waals surface area contributed by atoms with E-state index in [1.807, 2.05) is 6.92 Å². The van der Waals surface area contributed by atoms with E-state index in [4.69, 9.17) is 4.74 Å². The van der Waals surface area contributed by atoms with Crippen LogP contribution in [-0.4, -0.2) is 35.6 Å². The highest BCUT2D eigenvalue weighted by molar-refractivity contribution is 5.10. The topological polar surface area (TPSA) is 39.1 Å². The molecule has 0 saturated carbocycles. The first-order valence-corrected chi connectivity index (χ1v) is 7.05. The van der Waals surface area contributed by atoms with Crippen molar-refractivity contribution in [3.63, 3.8) is 0 Å². The SMILES string of the molecule is CCCOCC(Cc1cc(C)nn1CC)NCC. The summed E-state index contributed by atoms with van der Waals surface area (Å²) >= 11 is 0. The number of aryl methyl sites for hydroxylation is 2. The Morgan fingerprint density at radius 3 is 2.78 bits per heavy atom. The van der Waals surface area contributed by atoms with E-state index in [1.165, 1.54) is 5.69 Å². The molecule has 1 unspecified atom stereocenters. The van der Waals surface area contributed by atoms with Crippen LogP contribution in [0.5, 0.6) is 0 Å². The minimum absolute atomic E-state index is 0.378. The lowest BCUT2D eigenvalue weighted by atomic mass is 10.1. The summed E-state index contributed by atoms with van der Waals surface area (Å²) in [6.45, 7) is 12.0. The molecule has 0 radical (unpaired) electrons. The fourth-order valence-electron chi connectivity index (χ4n) is 2.14. The molecule has 1 aromatic rings. The van der Waals surface area contributed by atoms with Crippen LogP contribution in [-0.2, 0) is 17.7 Å². The van der Waals surface area contributed by atoms with Crippen molar-refractivity contribution in [3.8, 4) is 0 Å². The first-order valence-electron chi connectivity index (χ1n) is 7.05. The molecule has 104 valence electrons. The molecule has 0 saturated heterocycles. The lowest BCUT2D eigenvalue weighted by Crippen LogP contribution is -2.36. The molecule has 0 aliphatic carbocycles. The highest BCUT2D eigenvalue weighted by Crippen LogP contribution is 2.07. The number of hydrogen-bond acceptors (Lipinski definition) is 3. The molecule has 1 aromatic heterocycles. The van der Waals surface area contributed by atoms with Gasteiger partial charge in [-0.2, -0.15) is 5.10 Å². The summed E-state index contributed by atoms with van der Waals surface area (Å²) in [6.07, 6.45) is 2.05. The predicted molar refractivity (Wildman–Crippen MR) is 74.9 cm³/mol. The van der Waals surface area contributed by atoms with Crippen molar-refractivity contribution in [1.29, 1.82) is 0 Å². The molecule has 0 aliphatic rings. The fourth-order valence-corrected chi connectivity index (χ4v) is 2.14. The van der Waals surface area contributed by atoms with E-state index in [0.29, 0.717) is 6.04 Å². The van der Waals surface area contributed by atoms with E-state index >= 15 is 0 Å². The van der Waals surface area contributed by atoms with E-state index in [0.717, 1.165) is 44.8 Å². The van der Waals surface area contributed by atoms with Gasteiger partial charge in [0.25, 0.3) is 0 Å². The van der Waals surface area contributed by atoms with Crippen molar-refractivity contribution < 1.29 is 4.74 Å². The van der Waals surface area contributed by atoms with Crippen molar-refractivity contribution in [3.05, 3.63) is 17.5 Å². The minimum atomic E-state index is 0.378. The standard InChI is InChI=1S/C14H27N3O/c1-5-8-18-11-13(15-6-2)10-14-9-12(4)16-17(14)7-3/h9,13,15H,5-8,10-11H2,1-4H3. The van der Waals surface area contributed by atoms with Crippen molar-refractivity contribution in [2.24, 2.45) is 0 Å². The second kappa shape index (κ2) is 8.27. The molecular formula is C14H27N3O. The van der Waals surface area contributed by atoms with Crippen LogP contribution in [0.3, 0.4) is 0 Å². The zero-order chi connectivity index (χ0) is 13.4. The van der Waals surface area contributed by atoms with E-state index in [2.05, 4.69) is 41.9 Å². The largest absolute Gasteiger partial charge is 0.380 e.